The summed E-state index contributed by atoms with van der Waals surface area (Å²) in [6.07, 6.45) is 0.667. The van der Waals surface area contributed by atoms with Gasteiger partial charge in [0.25, 0.3) is 5.56 Å². The summed E-state index contributed by atoms with van der Waals surface area (Å²) in [6.45, 7) is 1.99. The molecule has 0 saturated carbocycles. The van der Waals surface area contributed by atoms with Crippen molar-refractivity contribution in [3.63, 3.8) is 0 Å². The lowest BCUT2D eigenvalue weighted by molar-refractivity contribution is 0.0966. The molecule has 0 aliphatic carbocycles. The number of carbonyl (C=O) groups is 1. The number of Topliss-reactive ketones (excluding diaryl/α,β-unsaturated/α-hetero) is 1. The third kappa shape index (κ3) is 3.54. The molecule has 0 spiro atoms. The number of nitrogens with zero attached hydrogens (tertiary/aromatic N) is 4. The first-order valence-electron chi connectivity index (χ1n) is 9.96. The lowest BCUT2D eigenvalue weighted by Gasteiger charge is -2.08. The zero-order valence-corrected chi connectivity index (χ0v) is 18.5. The molecule has 0 unspecified atom stereocenters. The largest absolute Gasteiger partial charge is 0.493 e. The van der Waals surface area contributed by atoms with Crippen molar-refractivity contribution in [2.24, 2.45) is 0 Å². The molecular formula is C22H21ClN4O5. The van der Waals surface area contributed by atoms with E-state index in [9.17, 15) is 14.4 Å². The van der Waals surface area contributed by atoms with Crippen molar-refractivity contribution in [3.05, 3.63) is 67.8 Å². The summed E-state index contributed by atoms with van der Waals surface area (Å²) < 4.78 is 14.3. The minimum absolute atomic E-state index is 0.164. The smallest absolute Gasteiger partial charge is 0.352 e. The van der Waals surface area contributed by atoms with Crippen LogP contribution in [0.15, 0.2) is 46.0 Å². The van der Waals surface area contributed by atoms with Crippen LogP contribution in [-0.4, -0.2) is 38.8 Å². The first-order chi connectivity index (χ1) is 15.4. The number of methoxy groups -OCH3 is 2. The lowest BCUT2D eigenvalue weighted by Crippen LogP contribution is -2.27. The Morgan fingerprint density at radius 3 is 2.50 bits per heavy atom. The van der Waals surface area contributed by atoms with Gasteiger partial charge < -0.3 is 9.47 Å². The van der Waals surface area contributed by atoms with Crippen LogP contribution < -0.4 is 20.7 Å². The second kappa shape index (κ2) is 8.51. The zero-order valence-electron chi connectivity index (χ0n) is 17.8. The maximum absolute atomic E-state index is 13.2. The Kier molecular flexibility index (Phi) is 5.75. The zero-order chi connectivity index (χ0) is 23.0. The summed E-state index contributed by atoms with van der Waals surface area (Å²) in [4.78, 5) is 39.1. The predicted molar refractivity (Wildman–Crippen MR) is 120 cm³/mol. The fourth-order valence-electron chi connectivity index (χ4n) is 3.65. The van der Waals surface area contributed by atoms with Gasteiger partial charge in [0.15, 0.2) is 17.3 Å². The Bertz CT molecular complexity index is 1470. The quantitative estimate of drug-likeness (QED) is 0.397. The summed E-state index contributed by atoms with van der Waals surface area (Å²) in [5.41, 5.74) is -0.120. The number of ketones is 1. The molecule has 0 aliphatic heterocycles. The standard InChI is InChI=1S/C22H21ClN4O5/c1-4-9-25-20(29)15-7-6-14(23)11-16(15)27-21(25)24-26(22(27)30)12-17(28)13-5-8-18(31-2)19(10-13)32-3/h5-8,10-11H,4,9,12H2,1-3H3. The molecule has 0 bridgehead atoms. The van der Waals surface area contributed by atoms with Gasteiger partial charge in [-0.3, -0.25) is 14.2 Å². The SMILES string of the molecule is CCCn1c(=O)c2ccc(Cl)cc2n2c(=O)n(CC(=O)c3ccc(OC)c(OC)c3)nc12. The molecular weight excluding hydrogens is 436 g/mol. The van der Waals surface area contributed by atoms with Crippen LogP contribution in [0.3, 0.4) is 0 Å². The number of fused-ring (bicyclic) bond motifs is 3. The molecule has 166 valence electrons. The van der Waals surface area contributed by atoms with E-state index in [4.69, 9.17) is 21.1 Å². The fraction of sp³-hybridized carbons (Fsp3) is 0.273. The van der Waals surface area contributed by atoms with Gasteiger partial charge in [-0.15, -0.1) is 5.10 Å². The van der Waals surface area contributed by atoms with Gasteiger partial charge in [0.2, 0.25) is 5.78 Å². The average Bonchev–Trinajstić information content (AvgIpc) is 3.11. The van der Waals surface area contributed by atoms with Gasteiger partial charge in [-0.05, 0) is 42.8 Å². The van der Waals surface area contributed by atoms with Crippen LogP contribution in [0.25, 0.3) is 16.7 Å². The van der Waals surface area contributed by atoms with Gasteiger partial charge in [0.05, 0.1) is 25.1 Å². The van der Waals surface area contributed by atoms with E-state index in [1.54, 1.807) is 36.4 Å². The number of benzene rings is 2. The Labute approximate surface area is 187 Å². The van der Waals surface area contributed by atoms with Crippen molar-refractivity contribution in [3.8, 4) is 11.5 Å². The molecule has 2 aromatic carbocycles. The molecule has 10 heteroatoms. The molecule has 0 fully saturated rings. The van der Waals surface area contributed by atoms with Crippen LogP contribution in [0.4, 0.5) is 0 Å². The summed E-state index contributed by atoms with van der Waals surface area (Å²) in [6, 6.07) is 9.49. The molecule has 0 amide bonds. The number of rotatable bonds is 7. The van der Waals surface area contributed by atoms with Crippen LogP contribution in [0.5, 0.6) is 11.5 Å². The molecule has 0 radical (unpaired) electrons. The minimum Gasteiger partial charge on any atom is -0.493 e. The second-order valence-electron chi connectivity index (χ2n) is 7.19. The maximum Gasteiger partial charge on any atom is 0.352 e. The average molecular weight is 457 g/mol. The van der Waals surface area contributed by atoms with Gasteiger partial charge in [0, 0.05) is 17.1 Å². The van der Waals surface area contributed by atoms with Crippen molar-refractivity contribution in [2.75, 3.05) is 14.2 Å². The Morgan fingerprint density at radius 2 is 1.81 bits per heavy atom. The van der Waals surface area contributed by atoms with Gasteiger partial charge in [0.1, 0.15) is 6.54 Å². The highest BCUT2D eigenvalue weighted by Crippen LogP contribution is 2.27. The first-order valence-corrected chi connectivity index (χ1v) is 10.3. The maximum atomic E-state index is 13.2. The molecule has 0 saturated heterocycles. The van der Waals surface area contributed by atoms with E-state index in [0.29, 0.717) is 46.0 Å². The monoisotopic (exact) mass is 456 g/mol. The molecule has 0 atom stereocenters. The number of halogens is 1. The van der Waals surface area contributed by atoms with E-state index in [1.165, 1.54) is 23.2 Å². The van der Waals surface area contributed by atoms with Crippen LogP contribution in [0, 0.1) is 0 Å². The van der Waals surface area contributed by atoms with E-state index < -0.39 is 5.69 Å². The molecule has 0 aliphatic rings. The van der Waals surface area contributed by atoms with Crippen molar-refractivity contribution in [1.29, 1.82) is 0 Å². The van der Waals surface area contributed by atoms with Crippen molar-refractivity contribution >= 4 is 34.1 Å². The highest BCUT2D eigenvalue weighted by Gasteiger charge is 2.20. The van der Waals surface area contributed by atoms with Gasteiger partial charge in [-0.1, -0.05) is 18.5 Å². The topological polar surface area (TPSA) is 96.8 Å². The number of carbonyl (C=O) groups excluding carboxylic acids is 1. The third-order valence-corrected chi connectivity index (χ3v) is 5.42. The third-order valence-electron chi connectivity index (χ3n) is 5.19. The summed E-state index contributed by atoms with van der Waals surface area (Å²) in [5, 5.41) is 5.06. The van der Waals surface area contributed by atoms with E-state index >= 15 is 0 Å². The van der Waals surface area contributed by atoms with Crippen molar-refractivity contribution < 1.29 is 14.3 Å². The highest BCUT2D eigenvalue weighted by atomic mass is 35.5. The van der Waals surface area contributed by atoms with Gasteiger partial charge >= 0.3 is 5.69 Å². The number of ether oxygens (including phenoxy) is 2. The number of hydrogen-bond acceptors (Lipinski definition) is 6. The molecule has 32 heavy (non-hydrogen) atoms. The molecule has 4 rings (SSSR count). The van der Waals surface area contributed by atoms with E-state index in [2.05, 4.69) is 5.10 Å². The molecule has 2 aromatic heterocycles. The van der Waals surface area contributed by atoms with Crippen LogP contribution in [0.2, 0.25) is 5.02 Å². The first kappa shape index (κ1) is 21.6. The Balaban J connectivity index is 1.87. The molecule has 0 N–H and O–H groups in total. The Hall–Kier alpha value is -3.59. The molecule has 2 heterocycles. The molecule has 4 aromatic rings. The van der Waals surface area contributed by atoms with Crippen LogP contribution in [-0.2, 0) is 13.1 Å². The fourth-order valence-corrected chi connectivity index (χ4v) is 3.82. The van der Waals surface area contributed by atoms with Crippen molar-refractivity contribution in [1.82, 2.24) is 18.7 Å². The van der Waals surface area contributed by atoms with Gasteiger partial charge in [-0.25, -0.2) is 13.9 Å². The molecule has 9 nitrogen and oxygen atoms in total. The van der Waals surface area contributed by atoms with Crippen LogP contribution in [0.1, 0.15) is 23.7 Å². The summed E-state index contributed by atoms with van der Waals surface area (Å²) >= 11 is 6.12. The van der Waals surface area contributed by atoms with E-state index in [-0.39, 0.29) is 23.7 Å². The van der Waals surface area contributed by atoms with E-state index in [1.807, 2.05) is 6.92 Å². The number of aromatic nitrogens is 4. The van der Waals surface area contributed by atoms with Crippen molar-refractivity contribution in [2.45, 2.75) is 26.4 Å². The van der Waals surface area contributed by atoms with Gasteiger partial charge in [-0.2, -0.15) is 0 Å². The van der Waals surface area contributed by atoms with E-state index in [0.717, 1.165) is 4.68 Å². The number of hydrogen-bond donors (Lipinski definition) is 0. The number of aryl methyl sites for hydroxylation is 1. The summed E-state index contributed by atoms with van der Waals surface area (Å²) in [5.74, 6) is 0.707. The Morgan fingerprint density at radius 1 is 1.06 bits per heavy atom. The van der Waals surface area contributed by atoms with Crippen LogP contribution >= 0.6 is 11.6 Å². The normalized spacial score (nSPS) is 11.2. The predicted octanol–water partition coefficient (Wildman–Crippen LogP) is 2.77. The summed E-state index contributed by atoms with van der Waals surface area (Å²) in [7, 11) is 2.98. The minimum atomic E-state index is -0.536. The lowest BCUT2D eigenvalue weighted by atomic mass is 10.1. The highest BCUT2D eigenvalue weighted by molar-refractivity contribution is 6.31. The second-order valence-corrected chi connectivity index (χ2v) is 7.62.